The minimum atomic E-state index is -1.21. The second-order valence-corrected chi connectivity index (χ2v) is 7.26. The van der Waals surface area contributed by atoms with Crippen molar-refractivity contribution in [1.29, 1.82) is 0 Å². The third kappa shape index (κ3) is 5.07. The van der Waals surface area contributed by atoms with E-state index in [2.05, 4.69) is 10.1 Å². The Morgan fingerprint density at radius 1 is 1.23 bits per heavy atom. The van der Waals surface area contributed by atoms with Crippen LogP contribution in [-0.2, 0) is 23.2 Å². The second-order valence-electron chi connectivity index (χ2n) is 7.26. The molecule has 0 aliphatic rings. The fourth-order valence-corrected chi connectivity index (χ4v) is 3.27. The first-order valence-corrected chi connectivity index (χ1v) is 9.68. The summed E-state index contributed by atoms with van der Waals surface area (Å²) in [5.74, 6) is -1.71. The van der Waals surface area contributed by atoms with Crippen LogP contribution < -0.4 is 5.73 Å². The van der Waals surface area contributed by atoms with Crippen LogP contribution in [0.3, 0.4) is 0 Å². The Labute approximate surface area is 180 Å². The van der Waals surface area contributed by atoms with E-state index >= 15 is 0 Å². The smallest absolute Gasteiger partial charge is 0.329 e. The molecule has 0 aliphatic carbocycles. The molecule has 0 radical (unpaired) electrons. The average Bonchev–Trinajstić information content (AvgIpc) is 3.19. The SMILES string of the molecule is CC(OCc1ccccc1)C(C(=O)O)N(C)C(=O)c1cc(-c2cnn(C)c2)cnc1N. The molecule has 3 rings (SSSR count). The number of aryl methyl sites for hydroxylation is 1. The Balaban J connectivity index is 1.80. The van der Waals surface area contributed by atoms with Crippen LogP contribution in [0.2, 0.25) is 0 Å². The predicted octanol–water partition coefficient (Wildman–Crippen LogP) is 2.19. The Bertz CT molecular complexity index is 1070. The first kappa shape index (κ1) is 22.0. The van der Waals surface area contributed by atoms with Gasteiger partial charge in [0.15, 0.2) is 6.04 Å². The van der Waals surface area contributed by atoms with Crippen molar-refractivity contribution in [2.75, 3.05) is 12.8 Å². The molecule has 2 heterocycles. The van der Waals surface area contributed by atoms with Crippen LogP contribution in [-0.4, -0.2) is 55.8 Å². The lowest BCUT2D eigenvalue weighted by Crippen LogP contribution is -2.49. The number of nitrogens with zero attached hydrogens (tertiary/aromatic N) is 4. The van der Waals surface area contributed by atoms with Gasteiger partial charge in [0.25, 0.3) is 5.91 Å². The largest absolute Gasteiger partial charge is 0.480 e. The van der Waals surface area contributed by atoms with Crippen LogP contribution >= 0.6 is 0 Å². The molecule has 9 heteroatoms. The number of nitrogens with two attached hydrogens (primary N) is 1. The van der Waals surface area contributed by atoms with Gasteiger partial charge in [-0.1, -0.05) is 30.3 Å². The van der Waals surface area contributed by atoms with Crippen molar-refractivity contribution in [2.24, 2.45) is 7.05 Å². The molecule has 2 atom stereocenters. The topological polar surface area (TPSA) is 124 Å². The van der Waals surface area contributed by atoms with Crippen LogP contribution in [0, 0.1) is 0 Å². The van der Waals surface area contributed by atoms with E-state index in [9.17, 15) is 14.7 Å². The number of carbonyl (C=O) groups excluding carboxylic acids is 1. The number of anilines is 1. The normalized spacial score (nSPS) is 12.9. The summed E-state index contributed by atoms with van der Waals surface area (Å²) in [6.07, 6.45) is 4.21. The fourth-order valence-electron chi connectivity index (χ4n) is 3.27. The zero-order valence-electron chi connectivity index (χ0n) is 17.6. The number of hydrogen-bond acceptors (Lipinski definition) is 6. The van der Waals surface area contributed by atoms with E-state index in [1.807, 2.05) is 30.3 Å². The number of carboxylic acids is 1. The summed E-state index contributed by atoms with van der Waals surface area (Å²) in [5.41, 5.74) is 8.38. The quantitative estimate of drug-likeness (QED) is 0.569. The third-order valence-corrected chi connectivity index (χ3v) is 4.98. The number of carbonyl (C=O) groups is 2. The van der Waals surface area contributed by atoms with Gasteiger partial charge in [-0.05, 0) is 18.6 Å². The molecule has 2 aromatic heterocycles. The van der Waals surface area contributed by atoms with Crippen molar-refractivity contribution in [3.05, 3.63) is 66.1 Å². The van der Waals surface area contributed by atoms with E-state index in [1.54, 1.807) is 43.3 Å². The maximum Gasteiger partial charge on any atom is 0.329 e. The summed E-state index contributed by atoms with van der Waals surface area (Å²) in [6, 6.07) is 9.78. The van der Waals surface area contributed by atoms with Gasteiger partial charge in [0.2, 0.25) is 0 Å². The van der Waals surface area contributed by atoms with Crippen LogP contribution in [0.5, 0.6) is 0 Å². The Morgan fingerprint density at radius 3 is 2.55 bits per heavy atom. The van der Waals surface area contributed by atoms with Gasteiger partial charge in [0.05, 0.1) is 24.5 Å². The summed E-state index contributed by atoms with van der Waals surface area (Å²) < 4.78 is 7.38. The van der Waals surface area contributed by atoms with Crippen LogP contribution in [0.1, 0.15) is 22.8 Å². The number of amides is 1. The summed E-state index contributed by atoms with van der Waals surface area (Å²) in [7, 11) is 3.20. The number of likely N-dealkylation sites (N-methyl/N-ethyl adjacent to an activating group) is 1. The van der Waals surface area contributed by atoms with E-state index in [0.29, 0.717) is 5.56 Å². The molecule has 2 unspecified atom stereocenters. The van der Waals surface area contributed by atoms with Crippen molar-refractivity contribution in [1.82, 2.24) is 19.7 Å². The molecule has 3 N–H and O–H groups in total. The van der Waals surface area contributed by atoms with Crippen molar-refractivity contribution in [2.45, 2.75) is 25.7 Å². The second kappa shape index (κ2) is 9.40. The number of ether oxygens (including phenoxy) is 1. The molecular formula is C22H25N5O4. The first-order chi connectivity index (χ1) is 14.8. The Hall–Kier alpha value is -3.72. The molecule has 162 valence electrons. The highest BCUT2D eigenvalue weighted by Crippen LogP contribution is 2.23. The summed E-state index contributed by atoms with van der Waals surface area (Å²) >= 11 is 0. The number of carboxylic acid groups (broad SMARTS) is 1. The lowest BCUT2D eigenvalue weighted by molar-refractivity contribution is -0.147. The standard InChI is InChI=1S/C22H25N5O4/c1-14(31-13-15-7-5-4-6-8-15)19(22(29)30)27(3)21(28)18-9-16(10-24-20(18)23)17-11-25-26(2)12-17/h4-12,14,19H,13H2,1-3H3,(H2,23,24)(H,29,30). The molecule has 0 saturated heterocycles. The number of rotatable bonds is 8. The lowest BCUT2D eigenvalue weighted by Gasteiger charge is -2.30. The highest BCUT2D eigenvalue weighted by Gasteiger charge is 2.34. The summed E-state index contributed by atoms with van der Waals surface area (Å²) in [6.45, 7) is 1.85. The molecular weight excluding hydrogens is 398 g/mol. The highest BCUT2D eigenvalue weighted by molar-refractivity contribution is 6.01. The van der Waals surface area contributed by atoms with Gasteiger partial charge in [-0.2, -0.15) is 5.10 Å². The molecule has 9 nitrogen and oxygen atoms in total. The van der Waals surface area contributed by atoms with Crippen molar-refractivity contribution in [3.63, 3.8) is 0 Å². The third-order valence-electron chi connectivity index (χ3n) is 4.98. The number of benzene rings is 1. The van der Waals surface area contributed by atoms with E-state index in [4.69, 9.17) is 10.5 Å². The number of aromatic nitrogens is 3. The monoisotopic (exact) mass is 423 g/mol. The summed E-state index contributed by atoms with van der Waals surface area (Å²) in [4.78, 5) is 30.4. The fraction of sp³-hybridized carbons (Fsp3) is 0.273. The minimum Gasteiger partial charge on any atom is -0.480 e. The van der Waals surface area contributed by atoms with Gasteiger partial charge in [-0.25, -0.2) is 9.78 Å². The molecule has 0 spiro atoms. The van der Waals surface area contributed by atoms with Crippen LogP contribution in [0.25, 0.3) is 11.1 Å². The van der Waals surface area contributed by atoms with Gasteiger partial charge in [0, 0.05) is 37.6 Å². The number of aliphatic carboxylic acids is 1. The lowest BCUT2D eigenvalue weighted by atomic mass is 10.1. The van der Waals surface area contributed by atoms with Gasteiger partial charge in [0.1, 0.15) is 5.82 Å². The molecule has 1 amide bonds. The zero-order chi connectivity index (χ0) is 22.5. The molecule has 0 bridgehead atoms. The number of hydrogen-bond donors (Lipinski definition) is 2. The van der Waals surface area contributed by atoms with Gasteiger partial charge < -0.3 is 20.5 Å². The predicted molar refractivity (Wildman–Crippen MR) is 115 cm³/mol. The molecule has 3 aromatic rings. The number of nitrogen functional groups attached to an aromatic ring is 1. The Morgan fingerprint density at radius 2 is 1.94 bits per heavy atom. The van der Waals surface area contributed by atoms with E-state index in [-0.39, 0.29) is 18.0 Å². The van der Waals surface area contributed by atoms with E-state index < -0.39 is 24.0 Å². The maximum absolute atomic E-state index is 13.1. The van der Waals surface area contributed by atoms with Gasteiger partial charge >= 0.3 is 5.97 Å². The van der Waals surface area contributed by atoms with Crippen LogP contribution in [0.4, 0.5) is 5.82 Å². The first-order valence-electron chi connectivity index (χ1n) is 9.68. The zero-order valence-corrected chi connectivity index (χ0v) is 17.6. The van der Waals surface area contributed by atoms with Crippen molar-refractivity contribution in [3.8, 4) is 11.1 Å². The van der Waals surface area contributed by atoms with Crippen molar-refractivity contribution < 1.29 is 19.4 Å². The number of pyridine rings is 1. The van der Waals surface area contributed by atoms with Crippen LogP contribution in [0.15, 0.2) is 55.0 Å². The van der Waals surface area contributed by atoms with Gasteiger partial charge in [-0.3, -0.25) is 9.48 Å². The molecule has 0 fully saturated rings. The minimum absolute atomic E-state index is 0.0199. The summed E-state index contributed by atoms with van der Waals surface area (Å²) in [5, 5.41) is 13.9. The van der Waals surface area contributed by atoms with Gasteiger partial charge in [-0.15, -0.1) is 0 Å². The molecule has 0 aliphatic heterocycles. The maximum atomic E-state index is 13.1. The van der Waals surface area contributed by atoms with E-state index in [1.165, 1.54) is 7.05 Å². The van der Waals surface area contributed by atoms with Crippen molar-refractivity contribution >= 4 is 17.7 Å². The Kier molecular flexibility index (Phi) is 6.66. The molecule has 1 aromatic carbocycles. The molecule has 31 heavy (non-hydrogen) atoms. The average molecular weight is 423 g/mol. The molecule has 0 saturated carbocycles. The highest BCUT2D eigenvalue weighted by atomic mass is 16.5. The van der Waals surface area contributed by atoms with E-state index in [0.717, 1.165) is 16.0 Å².